The molecule has 38 heavy (non-hydrogen) atoms. The molecule has 6 heteroatoms. The van der Waals surface area contributed by atoms with E-state index in [1.807, 2.05) is 61.5 Å². The van der Waals surface area contributed by atoms with Crippen LogP contribution in [0.2, 0.25) is 0 Å². The van der Waals surface area contributed by atoms with E-state index in [0.29, 0.717) is 24.3 Å². The van der Waals surface area contributed by atoms with Crippen molar-refractivity contribution in [2.75, 3.05) is 0 Å². The smallest absolute Gasteiger partial charge is 0.336 e. The number of ether oxygens (including phenoxy) is 1. The van der Waals surface area contributed by atoms with Crippen LogP contribution in [0.5, 0.6) is 0 Å². The minimum absolute atomic E-state index is 0.145. The Labute approximate surface area is 222 Å². The number of benzene rings is 2. The van der Waals surface area contributed by atoms with Crippen molar-refractivity contribution in [3.8, 4) is 11.1 Å². The first-order valence-corrected chi connectivity index (χ1v) is 13.5. The lowest BCUT2D eigenvalue weighted by molar-refractivity contribution is -0.153. The zero-order valence-corrected chi connectivity index (χ0v) is 21.7. The van der Waals surface area contributed by atoms with Crippen LogP contribution >= 0.6 is 0 Å². The van der Waals surface area contributed by atoms with Crippen LogP contribution in [0.15, 0.2) is 66.9 Å². The molecule has 0 radical (unpaired) electrons. The van der Waals surface area contributed by atoms with Gasteiger partial charge in [-0.25, -0.2) is 9.78 Å². The number of carbonyl (C=O) groups is 2. The Kier molecular flexibility index (Phi) is 6.26. The van der Waals surface area contributed by atoms with E-state index in [1.54, 1.807) is 6.07 Å². The van der Waals surface area contributed by atoms with Gasteiger partial charge in [0.2, 0.25) is 0 Å². The number of nitrogens with zero attached hydrogens (tertiary/aromatic N) is 2. The summed E-state index contributed by atoms with van der Waals surface area (Å²) in [5, 5.41) is 10.1. The average Bonchev–Trinajstić information content (AvgIpc) is 3.70. The maximum atomic E-state index is 13.9. The summed E-state index contributed by atoms with van der Waals surface area (Å²) < 4.78 is 8.10. The molecule has 2 fully saturated rings. The second kappa shape index (κ2) is 9.75. The molecular formula is C32H32N2O4. The molecule has 2 aliphatic carbocycles. The molecule has 2 aromatic heterocycles. The number of carbonyl (C=O) groups excluding carboxylic acids is 1. The fourth-order valence-electron chi connectivity index (χ4n) is 5.90. The van der Waals surface area contributed by atoms with Gasteiger partial charge in [0, 0.05) is 12.1 Å². The van der Waals surface area contributed by atoms with Crippen molar-refractivity contribution in [3.63, 3.8) is 0 Å². The molecule has 194 valence electrons. The largest absolute Gasteiger partial charge is 0.478 e. The molecule has 6 nitrogen and oxygen atoms in total. The fourth-order valence-corrected chi connectivity index (χ4v) is 5.90. The average molecular weight is 509 g/mol. The third-order valence-corrected chi connectivity index (χ3v) is 8.24. The summed E-state index contributed by atoms with van der Waals surface area (Å²) in [6, 6.07) is 19.0. The molecule has 2 heterocycles. The van der Waals surface area contributed by atoms with Crippen LogP contribution in [0.4, 0.5) is 0 Å². The number of rotatable bonds is 7. The molecular weight excluding hydrogens is 476 g/mol. The number of aromatic nitrogens is 2. The summed E-state index contributed by atoms with van der Waals surface area (Å²) in [5.74, 6) is -0.742. The molecule has 0 atom stereocenters. The number of carboxylic acid groups (broad SMARTS) is 1. The van der Waals surface area contributed by atoms with E-state index in [2.05, 4.69) is 10.6 Å². The van der Waals surface area contributed by atoms with Crippen molar-refractivity contribution < 1.29 is 19.4 Å². The van der Waals surface area contributed by atoms with E-state index in [0.717, 1.165) is 53.0 Å². The zero-order valence-electron chi connectivity index (χ0n) is 21.7. The Hall–Kier alpha value is -3.93. The van der Waals surface area contributed by atoms with E-state index < -0.39 is 11.4 Å². The number of pyridine rings is 1. The Morgan fingerprint density at radius 1 is 1.03 bits per heavy atom. The van der Waals surface area contributed by atoms with Gasteiger partial charge in [-0.15, -0.1) is 0 Å². The number of aryl methyl sites for hydroxylation is 1. The molecule has 6 rings (SSSR count). The van der Waals surface area contributed by atoms with Crippen LogP contribution in [-0.2, 0) is 21.6 Å². The molecule has 0 amide bonds. The quantitative estimate of drug-likeness (QED) is 0.277. The standard InChI is InChI=1S/C32H32N2O4/c1-21-10-14-25(34-19-28(23-11-12-23)33-29(21)34)20-38-31(37)32(16-6-3-7-17-32)24-13-15-26(27(18-24)30(35)36)22-8-4-2-5-9-22/h2,4-5,8-10,13-15,18-19,23H,3,6-7,11-12,16-17,20H2,1H3,(H,35,36). The molecule has 0 saturated heterocycles. The van der Waals surface area contributed by atoms with Crippen molar-refractivity contribution in [2.24, 2.45) is 0 Å². The number of hydrogen-bond acceptors (Lipinski definition) is 4. The molecule has 2 aromatic carbocycles. The second-order valence-corrected chi connectivity index (χ2v) is 10.8. The van der Waals surface area contributed by atoms with E-state index in [1.165, 1.54) is 12.8 Å². The summed E-state index contributed by atoms with van der Waals surface area (Å²) in [6.45, 7) is 2.19. The monoisotopic (exact) mass is 508 g/mol. The van der Waals surface area contributed by atoms with Crippen molar-refractivity contribution in [1.82, 2.24) is 9.38 Å². The highest BCUT2D eigenvalue weighted by Crippen LogP contribution is 2.43. The van der Waals surface area contributed by atoms with Crippen LogP contribution in [0, 0.1) is 6.92 Å². The molecule has 4 aromatic rings. The van der Waals surface area contributed by atoms with Gasteiger partial charge in [0.05, 0.1) is 22.4 Å². The van der Waals surface area contributed by atoms with Gasteiger partial charge in [0.1, 0.15) is 12.3 Å². The normalized spacial score (nSPS) is 16.9. The van der Waals surface area contributed by atoms with Crippen LogP contribution in [0.3, 0.4) is 0 Å². The summed E-state index contributed by atoms with van der Waals surface area (Å²) in [7, 11) is 0. The van der Waals surface area contributed by atoms with E-state index >= 15 is 0 Å². The summed E-state index contributed by atoms with van der Waals surface area (Å²) in [6.07, 6.45) is 8.60. The number of hydrogen-bond donors (Lipinski definition) is 1. The lowest BCUT2D eigenvalue weighted by atomic mass is 9.69. The van der Waals surface area contributed by atoms with E-state index in [-0.39, 0.29) is 18.1 Å². The third kappa shape index (κ3) is 4.38. The SMILES string of the molecule is Cc1ccc(COC(=O)C2(c3ccc(-c4ccccc4)c(C(=O)O)c3)CCCCC2)n2cc(C3CC3)nc12. The highest BCUT2D eigenvalue weighted by Gasteiger charge is 2.43. The van der Waals surface area contributed by atoms with E-state index in [4.69, 9.17) is 9.72 Å². The Morgan fingerprint density at radius 3 is 2.50 bits per heavy atom. The van der Waals surface area contributed by atoms with Crippen molar-refractivity contribution in [2.45, 2.75) is 69.8 Å². The van der Waals surface area contributed by atoms with Crippen molar-refractivity contribution in [3.05, 3.63) is 94.9 Å². The molecule has 2 saturated carbocycles. The Morgan fingerprint density at radius 2 is 1.79 bits per heavy atom. The number of aromatic carboxylic acids is 1. The van der Waals surface area contributed by atoms with Gasteiger partial charge in [-0.05, 0) is 67.0 Å². The van der Waals surface area contributed by atoms with Gasteiger partial charge in [0.15, 0.2) is 0 Å². The van der Waals surface area contributed by atoms with Crippen LogP contribution in [-0.4, -0.2) is 26.4 Å². The van der Waals surface area contributed by atoms with Gasteiger partial charge < -0.3 is 14.2 Å². The van der Waals surface area contributed by atoms with E-state index in [9.17, 15) is 14.7 Å². The molecule has 0 bridgehead atoms. The fraction of sp³-hybridized carbons (Fsp3) is 0.344. The molecule has 0 spiro atoms. The maximum Gasteiger partial charge on any atom is 0.336 e. The maximum absolute atomic E-state index is 13.9. The topological polar surface area (TPSA) is 80.9 Å². The highest BCUT2D eigenvalue weighted by atomic mass is 16.5. The number of imidazole rings is 1. The van der Waals surface area contributed by atoms with Crippen LogP contribution in [0.25, 0.3) is 16.8 Å². The van der Waals surface area contributed by atoms with Crippen LogP contribution < -0.4 is 0 Å². The first kappa shape index (κ1) is 24.4. The van der Waals surface area contributed by atoms with Crippen molar-refractivity contribution >= 4 is 17.6 Å². The lowest BCUT2D eigenvalue weighted by Gasteiger charge is -2.35. The molecule has 0 unspecified atom stereocenters. The number of fused-ring (bicyclic) bond motifs is 1. The third-order valence-electron chi connectivity index (χ3n) is 8.24. The summed E-state index contributed by atoms with van der Waals surface area (Å²) in [4.78, 5) is 31.0. The van der Waals surface area contributed by atoms with Gasteiger partial charge in [-0.1, -0.05) is 67.8 Å². The van der Waals surface area contributed by atoms with Gasteiger partial charge in [0.25, 0.3) is 0 Å². The molecule has 1 N–H and O–H groups in total. The minimum Gasteiger partial charge on any atom is -0.478 e. The van der Waals surface area contributed by atoms with Crippen molar-refractivity contribution in [1.29, 1.82) is 0 Å². The first-order chi connectivity index (χ1) is 18.5. The van der Waals surface area contributed by atoms with Crippen LogP contribution in [0.1, 0.15) is 83.7 Å². The van der Waals surface area contributed by atoms with Gasteiger partial charge in [-0.2, -0.15) is 0 Å². The lowest BCUT2D eigenvalue weighted by Crippen LogP contribution is -2.39. The summed E-state index contributed by atoms with van der Waals surface area (Å²) >= 11 is 0. The minimum atomic E-state index is -1.00. The number of carboxylic acids is 1. The Bertz CT molecular complexity index is 1510. The molecule has 2 aliphatic rings. The molecule has 0 aliphatic heterocycles. The predicted octanol–water partition coefficient (Wildman–Crippen LogP) is 6.83. The zero-order chi connectivity index (χ0) is 26.3. The Balaban J connectivity index is 1.32. The summed E-state index contributed by atoms with van der Waals surface area (Å²) in [5.41, 5.74) is 5.57. The predicted molar refractivity (Wildman–Crippen MR) is 145 cm³/mol. The van der Waals surface area contributed by atoms with Gasteiger partial charge in [-0.3, -0.25) is 4.79 Å². The number of esters is 1. The van der Waals surface area contributed by atoms with Gasteiger partial charge >= 0.3 is 11.9 Å². The first-order valence-electron chi connectivity index (χ1n) is 13.5. The highest BCUT2D eigenvalue weighted by molar-refractivity contribution is 5.97. The second-order valence-electron chi connectivity index (χ2n) is 10.8.